The number of para-hydroxylation sites is 1. The standard InChI is InChI=1S/C16H15FN2O2/c1-12(13-7-3-2-4-8-13)18-19-16(20)11-21-15-10-6-5-9-14(15)17/h2-10H,11H2,1H3,(H,19,20)/b18-12-. The van der Waals surface area contributed by atoms with Crippen LogP contribution in [0.15, 0.2) is 59.7 Å². The lowest BCUT2D eigenvalue weighted by Gasteiger charge is -2.06. The van der Waals surface area contributed by atoms with E-state index in [0.29, 0.717) is 5.71 Å². The molecule has 5 heteroatoms. The van der Waals surface area contributed by atoms with E-state index in [2.05, 4.69) is 10.5 Å². The van der Waals surface area contributed by atoms with Gasteiger partial charge >= 0.3 is 0 Å². The second kappa shape index (κ2) is 7.19. The Morgan fingerprint density at radius 3 is 2.52 bits per heavy atom. The molecular formula is C16H15FN2O2. The third-order valence-electron chi connectivity index (χ3n) is 2.74. The molecule has 2 aromatic rings. The predicted molar refractivity (Wildman–Crippen MR) is 78.7 cm³/mol. The third kappa shape index (κ3) is 4.42. The molecule has 1 amide bonds. The summed E-state index contributed by atoms with van der Waals surface area (Å²) in [5, 5.41) is 3.97. The minimum atomic E-state index is -0.505. The maximum absolute atomic E-state index is 13.3. The van der Waals surface area contributed by atoms with Gasteiger partial charge in [0.05, 0.1) is 5.71 Å². The number of carbonyl (C=O) groups excluding carboxylic acids is 1. The van der Waals surface area contributed by atoms with Crippen molar-refractivity contribution in [2.24, 2.45) is 5.10 Å². The Morgan fingerprint density at radius 1 is 1.14 bits per heavy atom. The van der Waals surface area contributed by atoms with Gasteiger partial charge in [0.25, 0.3) is 5.91 Å². The summed E-state index contributed by atoms with van der Waals surface area (Å²) in [6.45, 7) is 1.49. The topological polar surface area (TPSA) is 50.7 Å². The van der Waals surface area contributed by atoms with Gasteiger partial charge in [0, 0.05) is 0 Å². The maximum atomic E-state index is 13.3. The Hall–Kier alpha value is -2.69. The number of rotatable bonds is 5. The fourth-order valence-electron chi connectivity index (χ4n) is 1.63. The lowest BCUT2D eigenvalue weighted by Crippen LogP contribution is -2.25. The Kier molecular flexibility index (Phi) is 5.04. The van der Waals surface area contributed by atoms with Gasteiger partial charge in [-0.2, -0.15) is 5.10 Å². The number of nitrogens with one attached hydrogen (secondary N) is 1. The first-order valence-electron chi connectivity index (χ1n) is 6.42. The number of carbonyl (C=O) groups is 1. The number of amides is 1. The number of ether oxygens (including phenoxy) is 1. The molecule has 0 unspecified atom stereocenters. The van der Waals surface area contributed by atoms with E-state index in [4.69, 9.17) is 4.74 Å². The van der Waals surface area contributed by atoms with Crippen molar-refractivity contribution in [2.45, 2.75) is 6.92 Å². The van der Waals surface area contributed by atoms with Crippen LogP contribution in [0.2, 0.25) is 0 Å². The van der Waals surface area contributed by atoms with E-state index < -0.39 is 11.7 Å². The highest BCUT2D eigenvalue weighted by atomic mass is 19.1. The largest absolute Gasteiger partial charge is 0.481 e. The lowest BCUT2D eigenvalue weighted by atomic mass is 10.1. The van der Waals surface area contributed by atoms with Gasteiger partial charge in [-0.25, -0.2) is 9.82 Å². The molecule has 0 bridgehead atoms. The molecule has 0 aliphatic rings. The summed E-state index contributed by atoms with van der Waals surface area (Å²) >= 11 is 0. The molecule has 0 saturated carbocycles. The molecule has 2 rings (SSSR count). The molecule has 0 fully saturated rings. The van der Waals surface area contributed by atoms with Crippen molar-refractivity contribution < 1.29 is 13.9 Å². The van der Waals surface area contributed by atoms with Crippen LogP contribution in [0.25, 0.3) is 0 Å². The highest BCUT2D eigenvalue weighted by Crippen LogP contribution is 2.14. The highest BCUT2D eigenvalue weighted by molar-refractivity contribution is 5.99. The summed E-state index contributed by atoms with van der Waals surface area (Å²) in [5.41, 5.74) is 3.96. The second-order valence-electron chi connectivity index (χ2n) is 4.32. The molecule has 4 nitrogen and oxygen atoms in total. The fourth-order valence-corrected chi connectivity index (χ4v) is 1.63. The van der Waals surface area contributed by atoms with Gasteiger partial charge < -0.3 is 4.74 Å². The molecule has 0 aromatic heterocycles. The number of hydrogen-bond donors (Lipinski definition) is 1. The fraction of sp³-hybridized carbons (Fsp3) is 0.125. The average molecular weight is 286 g/mol. The number of hydrogen-bond acceptors (Lipinski definition) is 3. The van der Waals surface area contributed by atoms with Crippen LogP contribution >= 0.6 is 0 Å². The average Bonchev–Trinajstić information content (AvgIpc) is 2.52. The van der Waals surface area contributed by atoms with Gasteiger partial charge in [0.1, 0.15) is 0 Å². The van der Waals surface area contributed by atoms with E-state index in [1.54, 1.807) is 19.1 Å². The molecule has 0 radical (unpaired) electrons. The summed E-state index contributed by atoms with van der Waals surface area (Å²) in [4.78, 5) is 11.6. The molecule has 21 heavy (non-hydrogen) atoms. The third-order valence-corrected chi connectivity index (χ3v) is 2.74. The Balaban J connectivity index is 1.87. The molecule has 0 saturated heterocycles. The minimum absolute atomic E-state index is 0.0383. The van der Waals surface area contributed by atoms with Crippen LogP contribution in [0.3, 0.4) is 0 Å². The number of nitrogens with zero attached hydrogens (tertiary/aromatic N) is 1. The molecule has 1 N–H and O–H groups in total. The van der Waals surface area contributed by atoms with E-state index in [0.717, 1.165) is 5.56 Å². The van der Waals surface area contributed by atoms with Crippen LogP contribution in [0.5, 0.6) is 5.75 Å². The zero-order valence-corrected chi connectivity index (χ0v) is 11.5. The Labute approximate surface area is 122 Å². The van der Waals surface area contributed by atoms with Gasteiger partial charge in [0.2, 0.25) is 0 Å². The molecule has 0 spiro atoms. The summed E-state index contributed by atoms with van der Waals surface area (Å²) < 4.78 is 18.4. The molecule has 2 aromatic carbocycles. The van der Waals surface area contributed by atoms with Crippen molar-refractivity contribution in [3.8, 4) is 5.75 Å². The normalized spacial score (nSPS) is 11.0. The first-order chi connectivity index (χ1) is 10.2. The van der Waals surface area contributed by atoms with Crippen molar-refractivity contribution in [1.29, 1.82) is 0 Å². The SMILES string of the molecule is C/C(=N/NC(=O)COc1ccccc1F)c1ccccc1. The van der Waals surface area contributed by atoms with Crippen LogP contribution in [-0.2, 0) is 4.79 Å². The van der Waals surface area contributed by atoms with Crippen LogP contribution in [0, 0.1) is 5.82 Å². The number of benzene rings is 2. The first kappa shape index (κ1) is 14.7. The maximum Gasteiger partial charge on any atom is 0.277 e. The van der Waals surface area contributed by atoms with Crippen LogP contribution in [0.1, 0.15) is 12.5 Å². The van der Waals surface area contributed by atoms with E-state index in [1.807, 2.05) is 30.3 Å². The second-order valence-corrected chi connectivity index (χ2v) is 4.32. The summed E-state index contributed by atoms with van der Waals surface area (Å²) in [6, 6.07) is 15.4. The van der Waals surface area contributed by atoms with Gasteiger partial charge in [0.15, 0.2) is 18.2 Å². The van der Waals surface area contributed by atoms with Gasteiger partial charge in [-0.05, 0) is 24.6 Å². The zero-order chi connectivity index (χ0) is 15.1. The van der Waals surface area contributed by atoms with Crippen LogP contribution in [-0.4, -0.2) is 18.2 Å². The van der Waals surface area contributed by atoms with Crippen molar-refractivity contribution in [1.82, 2.24) is 5.43 Å². The molecular weight excluding hydrogens is 271 g/mol. The smallest absolute Gasteiger partial charge is 0.277 e. The van der Waals surface area contributed by atoms with Gasteiger partial charge in [-0.3, -0.25) is 4.79 Å². The summed E-state index contributed by atoms with van der Waals surface area (Å²) in [7, 11) is 0. The molecule has 0 aliphatic heterocycles. The molecule has 0 atom stereocenters. The number of hydrazone groups is 1. The van der Waals surface area contributed by atoms with Crippen molar-refractivity contribution in [2.75, 3.05) is 6.61 Å². The zero-order valence-electron chi connectivity index (χ0n) is 11.5. The van der Waals surface area contributed by atoms with Gasteiger partial charge in [-0.15, -0.1) is 0 Å². The van der Waals surface area contributed by atoms with E-state index in [-0.39, 0.29) is 12.4 Å². The van der Waals surface area contributed by atoms with E-state index in [9.17, 15) is 9.18 Å². The quantitative estimate of drug-likeness (QED) is 0.678. The molecule has 0 aliphatic carbocycles. The van der Waals surface area contributed by atoms with Crippen molar-refractivity contribution in [3.63, 3.8) is 0 Å². The van der Waals surface area contributed by atoms with E-state index >= 15 is 0 Å². The first-order valence-corrected chi connectivity index (χ1v) is 6.42. The monoisotopic (exact) mass is 286 g/mol. The molecule has 108 valence electrons. The van der Waals surface area contributed by atoms with Crippen LogP contribution in [0.4, 0.5) is 4.39 Å². The van der Waals surface area contributed by atoms with Gasteiger partial charge in [-0.1, -0.05) is 42.5 Å². The summed E-state index contributed by atoms with van der Waals surface area (Å²) in [6.07, 6.45) is 0. The predicted octanol–water partition coefficient (Wildman–Crippen LogP) is 2.74. The molecule has 0 heterocycles. The van der Waals surface area contributed by atoms with E-state index in [1.165, 1.54) is 12.1 Å². The minimum Gasteiger partial charge on any atom is -0.481 e. The summed E-state index contributed by atoms with van der Waals surface area (Å²) in [5.74, 6) is -0.917. The Morgan fingerprint density at radius 2 is 1.81 bits per heavy atom. The highest BCUT2D eigenvalue weighted by Gasteiger charge is 2.05. The lowest BCUT2D eigenvalue weighted by molar-refractivity contribution is -0.123. The number of halogens is 1. The van der Waals surface area contributed by atoms with Crippen molar-refractivity contribution >= 4 is 11.6 Å². The van der Waals surface area contributed by atoms with Crippen LogP contribution < -0.4 is 10.2 Å². The Bertz CT molecular complexity index is 642. The van der Waals surface area contributed by atoms with Crippen molar-refractivity contribution in [3.05, 3.63) is 66.0 Å².